The molecule has 1 spiro atoms. The van der Waals surface area contributed by atoms with Gasteiger partial charge in [-0.15, -0.1) is 0 Å². The number of carbonyl (C=O) groups is 2. The summed E-state index contributed by atoms with van der Waals surface area (Å²) in [5, 5.41) is 2.88. The first-order valence-corrected chi connectivity index (χ1v) is 9.68. The zero-order valence-electron chi connectivity index (χ0n) is 16.3. The van der Waals surface area contributed by atoms with Crippen LogP contribution in [0.4, 0.5) is 9.18 Å². The number of benzene rings is 1. The number of carbonyl (C=O) groups excluding carboxylic acids is 2. The van der Waals surface area contributed by atoms with Crippen molar-refractivity contribution in [3.63, 3.8) is 0 Å². The number of urea groups is 1. The molecule has 2 heterocycles. The van der Waals surface area contributed by atoms with Crippen LogP contribution in [-0.2, 0) is 20.8 Å². The molecule has 0 bridgehead atoms. The van der Waals surface area contributed by atoms with Crippen LogP contribution in [0, 0.1) is 5.82 Å². The van der Waals surface area contributed by atoms with Crippen molar-refractivity contribution in [3.8, 4) is 0 Å². The fourth-order valence-corrected chi connectivity index (χ4v) is 3.88. The van der Waals surface area contributed by atoms with E-state index < -0.39 is 5.54 Å². The lowest BCUT2D eigenvalue weighted by Crippen LogP contribution is -2.58. The predicted octanol–water partition coefficient (Wildman–Crippen LogP) is 1.77. The van der Waals surface area contributed by atoms with Crippen LogP contribution in [0.3, 0.4) is 0 Å². The van der Waals surface area contributed by atoms with Gasteiger partial charge in [-0.2, -0.15) is 0 Å². The molecule has 1 N–H and O–H groups in total. The Morgan fingerprint density at radius 1 is 1.36 bits per heavy atom. The van der Waals surface area contributed by atoms with Crippen LogP contribution in [0.15, 0.2) is 24.3 Å². The maximum atomic E-state index is 13.0. The fraction of sp³-hybridized carbons (Fsp3) is 0.600. The first-order chi connectivity index (χ1) is 13.5. The molecule has 0 aromatic heterocycles. The van der Waals surface area contributed by atoms with Crippen LogP contribution in [0.1, 0.15) is 24.8 Å². The summed E-state index contributed by atoms with van der Waals surface area (Å²) in [7, 11) is 1.64. The molecule has 1 atom stereocenters. The van der Waals surface area contributed by atoms with Crippen LogP contribution in [0.25, 0.3) is 0 Å². The summed E-state index contributed by atoms with van der Waals surface area (Å²) in [6.45, 7) is 3.33. The van der Waals surface area contributed by atoms with E-state index in [0.29, 0.717) is 58.8 Å². The second-order valence-electron chi connectivity index (χ2n) is 7.38. The molecule has 0 aliphatic carbocycles. The van der Waals surface area contributed by atoms with Crippen LogP contribution >= 0.6 is 0 Å². The Morgan fingerprint density at radius 3 is 2.82 bits per heavy atom. The lowest BCUT2D eigenvalue weighted by Gasteiger charge is -2.40. The third kappa shape index (κ3) is 4.80. The molecule has 1 aromatic carbocycles. The van der Waals surface area contributed by atoms with Crippen LogP contribution < -0.4 is 5.32 Å². The molecular formula is C20H28FN3O4. The normalized spacial score (nSPS) is 22.6. The van der Waals surface area contributed by atoms with E-state index in [-0.39, 0.29) is 17.8 Å². The van der Waals surface area contributed by atoms with Gasteiger partial charge in [0.05, 0.1) is 12.1 Å². The number of hydrogen-bond donors (Lipinski definition) is 1. The molecule has 0 saturated carbocycles. The number of ether oxygens (including phenoxy) is 2. The van der Waals surface area contributed by atoms with Gasteiger partial charge in [0.25, 0.3) is 0 Å². The second kappa shape index (κ2) is 9.34. The monoisotopic (exact) mass is 393 g/mol. The van der Waals surface area contributed by atoms with Crippen molar-refractivity contribution < 1.29 is 23.5 Å². The number of hydrogen-bond acceptors (Lipinski definition) is 4. The highest BCUT2D eigenvalue weighted by Gasteiger charge is 2.46. The van der Waals surface area contributed by atoms with Crippen molar-refractivity contribution in [2.24, 2.45) is 0 Å². The first-order valence-electron chi connectivity index (χ1n) is 9.68. The van der Waals surface area contributed by atoms with E-state index >= 15 is 0 Å². The molecule has 1 unspecified atom stereocenters. The number of rotatable bonds is 6. The summed E-state index contributed by atoms with van der Waals surface area (Å²) in [6, 6.07) is 5.81. The molecule has 8 heteroatoms. The third-order valence-corrected chi connectivity index (χ3v) is 5.41. The average Bonchev–Trinajstić information content (AvgIpc) is 3.11. The van der Waals surface area contributed by atoms with E-state index in [2.05, 4.69) is 5.32 Å². The number of amides is 3. The summed E-state index contributed by atoms with van der Waals surface area (Å²) in [5.41, 5.74) is 0.343. The summed E-state index contributed by atoms with van der Waals surface area (Å²) < 4.78 is 23.8. The minimum atomic E-state index is -0.478. The third-order valence-electron chi connectivity index (χ3n) is 5.41. The zero-order chi connectivity index (χ0) is 20.0. The van der Waals surface area contributed by atoms with E-state index in [0.717, 1.165) is 12.0 Å². The van der Waals surface area contributed by atoms with E-state index in [4.69, 9.17) is 9.47 Å². The van der Waals surface area contributed by atoms with E-state index in [1.54, 1.807) is 24.1 Å². The number of nitrogens with zero attached hydrogens (tertiary/aromatic N) is 2. The number of methoxy groups -OCH3 is 1. The van der Waals surface area contributed by atoms with Crippen LogP contribution in [0.2, 0.25) is 0 Å². The van der Waals surface area contributed by atoms with Gasteiger partial charge in [0.1, 0.15) is 5.82 Å². The molecular weight excluding hydrogens is 365 g/mol. The molecule has 0 radical (unpaired) electrons. The SMILES string of the molecule is COCCCN1C(=O)CCN(C(=O)NCc2ccc(F)cc2)CC12CCOC2. The van der Waals surface area contributed by atoms with Crippen molar-refractivity contribution in [1.82, 2.24) is 15.1 Å². The number of halogens is 1. The highest BCUT2D eigenvalue weighted by molar-refractivity contribution is 5.80. The van der Waals surface area contributed by atoms with Gasteiger partial charge in [0.15, 0.2) is 0 Å². The fourth-order valence-electron chi connectivity index (χ4n) is 3.88. The minimum Gasteiger partial charge on any atom is -0.385 e. The second-order valence-corrected chi connectivity index (χ2v) is 7.38. The largest absolute Gasteiger partial charge is 0.385 e. The van der Waals surface area contributed by atoms with Gasteiger partial charge < -0.3 is 24.6 Å². The lowest BCUT2D eigenvalue weighted by molar-refractivity contribution is -0.136. The molecule has 2 aliphatic heterocycles. The molecule has 3 amide bonds. The van der Waals surface area contributed by atoms with Gasteiger partial charge in [0.2, 0.25) is 5.91 Å². The summed E-state index contributed by atoms with van der Waals surface area (Å²) in [6.07, 6.45) is 1.76. The van der Waals surface area contributed by atoms with Gasteiger partial charge in [0, 0.05) is 52.9 Å². The van der Waals surface area contributed by atoms with E-state index in [1.165, 1.54) is 12.1 Å². The number of nitrogens with one attached hydrogen (secondary N) is 1. The Bertz CT molecular complexity index is 677. The van der Waals surface area contributed by atoms with Gasteiger partial charge in [-0.1, -0.05) is 12.1 Å². The molecule has 2 aliphatic rings. The lowest BCUT2D eigenvalue weighted by atomic mass is 9.95. The van der Waals surface area contributed by atoms with Crippen molar-refractivity contribution in [1.29, 1.82) is 0 Å². The maximum Gasteiger partial charge on any atom is 0.317 e. The standard InChI is InChI=1S/C20H28FN3O4/c1-27-11-2-9-24-18(25)7-10-23(14-20(24)8-12-28-15-20)19(26)22-13-16-3-5-17(21)6-4-16/h3-6H,2,7-15H2,1H3,(H,22,26). The molecule has 1 aromatic rings. The Labute approximate surface area is 164 Å². The van der Waals surface area contributed by atoms with Crippen molar-refractivity contribution in [2.45, 2.75) is 31.3 Å². The van der Waals surface area contributed by atoms with Crippen LogP contribution in [-0.4, -0.2) is 73.8 Å². The molecule has 28 heavy (non-hydrogen) atoms. The highest BCUT2D eigenvalue weighted by Crippen LogP contribution is 2.31. The van der Waals surface area contributed by atoms with Gasteiger partial charge in [-0.25, -0.2) is 9.18 Å². The van der Waals surface area contributed by atoms with Crippen LogP contribution in [0.5, 0.6) is 0 Å². The van der Waals surface area contributed by atoms with Crippen molar-refractivity contribution in [3.05, 3.63) is 35.6 Å². The predicted molar refractivity (Wildman–Crippen MR) is 101 cm³/mol. The summed E-state index contributed by atoms with van der Waals surface area (Å²) in [5.74, 6) is -0.256. The summed E-state index contributed by atoms with van der Waals surface area (Å²) in [4.78, 5) is 29.1. The average molecular weight is 393 g/mol. The van der Waals surface area contributed by atoms with Gasteiger partial charge >= 0.3 is 6.03 Å². The zero-order valence-corrected chi connectivity index (χ0v) is 16.3. The Balaban J connectivity index is 1.66. The first kappa shape index (κ1) is 20.5. The van der Waals surface area contributed by atoms with Crippen molar-refractivity contribution >= 4 is 11.9 Å². The quantitative estimate of drug-likeness (QED) is 0.748. The highest BCUT2D eigenvalue weighted by atomic mass is 19.1. The molecule has 154 valence electrons. The molecule has 2 fully saturated rings. The summed E-state index contributed by atoms with van der Waals surface area (Å²) >= 11 is 0. The van der Waals surface area contributed by atoms with E-state index in [1.807, 2.05) is 4.90 Å². The molecule has 7 nitrogen and oxygen atoms in total. The molecule has 3 rings (SSSR count). The molecule has 2 saturated heterocycles. The maximum absolute atomic E-state index is 13.0. The smallest absolute Gasteiger partial charge is 0.317 e. The van der Waals surface area contributed by atoms with E-state index in [9.17, 15) is 14.0 Å². The van der Waals surface area contributed by atoms with Gasteiger partial charge in [-0.3, -0.25) is 4.79 Å². The Morgan fingerprint density at radius 2 is 2.14 bits per heavy atom. The topological polar surface area (TPSA) is 71.1 Å². The Hall–Kier alpha value is -2.19. The Kier molecular flexibility index (Phi) is 6.85. The minimum absolute atomic E-state index is 0.0513. The van der Waals surface area contributed by atoms with Gasteiger partial charge in [-0.05, 0) is 30.5 Å². The van der Waals surface area contributed by atoms with Crippen molar-refractivity contribution in [2.75, 3.05) is 46.6 Å².